The molecule has 23 heavy (non-hydrogen) atoms. The summed E-state index contributed by atoms with van der Waals surface area (Å²) in [4.78, 5) is 13.3. The number of nitrogens with zero attached hydrogens (tertiary/aromatic N) is 1. The molecule has 1 N–H and O–H groups in total. The highest BCUT2D eigenvalue weighted by Gasteiger charge is 2.52. The number of likely N-dealkylation sites (N-methyl/N-ethyl adjacent to an activating group) is 1. The molecule has 1 fully saturated rings. The summed E-state index contributed by atoms with van der Waals surface area (Å²) in [5.74, 6) is -4.30. The first-order valence-corrected chi connectivity index (χ1v) is 7.63. The van der Waals surface area contributed by atoms with Crippen LogP contribution in [0.3, 0.4) is 0 Å². The average Bonchev–Trinajstić information content (AvgIpc) is 2.85. The summed E-state index contributed by atoms with van der Waals surface area (Å²) < 4.78 is 56.6. The number of carbonyl (C=O) groups is 1. The zero-order valence-corrected chi connectivity index (χ0v) is 13.9. The third-order valence-electron chi connectivity index (χ3n) is 4.21. The van der Waals surface area contributed by atoms with Crippen molar-refractivity contribution < 1.29 is 32.2 Å². The molecule has 1 rings (SSSR count). The van der Waals surface area contributed by atoms with E-state index < -0.39 is 42.1 Å². The molecule has 0 aliphatic heterocycles. The zero-order valence-electron chi connectivity index (χ0n) is 13.9. The summed E-state index contributed by atoms with van der Waals surface area (Å²) in [5, 5.41) is 10.2. The molecule has 1 aliphatic carbocycles. The maximum absolute atomic E-state index is 13.3. The minimum atomic E-state index is -4.30. The van der Waals surface area contributed by atoms with Crippen LogP contribution in [0.25, 0.3) is 0 Å². The van der Waals surface area contributed by atoms with Gasteiger partial charge in [-0.25, -0.2) is 22.4 Å². The topological polar surface area (TPSA) is 49.8 Å². The Morgan fingerprint density at radius 3 is 2.13 bits per heavy atom. The lowest BCUT2D eigenvalue weighted by molar-refractivity contribution is -0.163. The lowest BCUT2D eigenvalue weighted by Gasteiger charge is -2.43. The average molecular weight is 343 g/mol. The van der Waals surface area contributed by atoms with Crippen LogP contribution >= 0.6 is 0 Å². The van der Waals surface area contributed by atoms with Crippen LogP contribution in [-0.4, -0.2) is 52.7 Å². The summed E-state index contributed by atoms with van der Waals surface area (Å²) in [6.45, 7) is 4.96. The van der Waals surface area contributed by atoms with E-state index in [1.807, 2.05) is 0 Å². The minimum absolute atomic E-state index is 0.267. The van der Waals surface area contributed by atoms with Gasteiger partial charge in [-0.3, -0.25) is 0 Å². The Kier molecular flexibility index (Phi) is 5.93. The standard InChI is InChI=1S/C15H25F4NO3/c1-13(2,3)23-12(22)20(4)14(7-5-6-8-14)10(21)9-15(18,19)11(16)17/h10-11,21H,5-9H2,1-4H3. The molecule has 0 bridgehead atoms. The van der Waals surface area contributed by atoms with E-state index in [2.05, 4.69) is 0 Å². The molecule has 4 nitrogen and oxygen atoms in total. The first-order valence-electron chi connectivity index (χ1n) is 7.63. The van der Waals surface area contributed by atoms with E-state index in [9.17, 15) is 27.5 Å². The Morgan fingerprint density at radius 1 is 1.26 bits per heavy atom. The normalized spacial score (nSPS) is 19.7. The molecule has 8 heteroatoms. The van der Waals surface area contributed by atoms with Crippen LogP contribution in [0, 0.1) is 0 Å². The molecular formula is C15H25F4NO3. The molecule has 1 atom stereocenters. The number of aliphatic hydroxyl groups excluding tert-OH is 1. The van der Waals surface area contributed by atoms with Crippen LogP contribution in [0.15, 0.2) is 0 Å². The number of alkyl halides is 4. The molecule has 0 heterocycles. The van der Waals surface area contributed by atoms with E-state index in [0.717, 1.165) is 4.90 Å². The molecule has 0 spiro atoms. The highest BCUT2D eigenvalue weighted by Crippen LogP contribution is 2.42. The fraction of sp³-hybridized carbons (Fsp3) is 0.933. The number of halogens is 4. The predicted molar refractivity (Wildman–Crippen MR) is 76.8 cm³/mol. The summed E-state index contributed by atoms with van der Waals surface area (Å²) >= 11 is 0. The lowest BCUT2D eigenvalue weighted by atomic mass is 9.85. The lowest BCUT2D eigenvalue weighted by Crippen LogP contribution is -2.58. The third-order valence-corrected chi connectivity index (χ3v) is 4.21. The molecule has 1 unspecified atom stereocenters. The molecule has 0 aromatic carbocycles. The van der Waals surface area contributed by atoms with Gasteiger partial charge in [-0.2, -0.15) is 0 Å². The van der Waals surface area contributed by atoms with Crippen LogP contribution < -0.4 is 0 Å². The van der Waals surface area contributed by atoms with E-state index in [-0.39, 0.29) is 12.8 Å². The van der Waals surface area contributed by atoms with Crippen LogP contribution in [-0.2, 0) is 4.74 Å². The van der Waals surface area contributed by atoms with Gasteiger partial charge < -0.3 is 14.7 Å². The highest BCUT2D eigenvalue weighted by atomic mass is 19.3. The van der Waals surface area contributed by atoms with Crippen molar-refractivity contribution in [3.63, 3.8) is 0 Å². The van der Waals surface area contributed by atoms with E-state index in [1.54, 1.807) is 20.8 Å². The zero-order chi connectivity index (χ0) is 18.1. The van der Waals surface area contributed by atoms with Gasteiger partial charge in [0.05, 0.1) is 11.6 Å². The molecule has 136 valence electrons. The Hall–Kier alpha value is -1.05. The number of hydrogen-bond acceptors (Lipinski definition) is 3. The van der Waals surface area contributed by atoms with Gasteiger partial charge in [0.15, 0.2) is 0 Å². The molecule has 1 saturated carbocycles. The van der Waals surface area contributed by atoms with Gasteiger partial charge in [0.2, 0.25) is 0 Å². The highest BCUT2D eigenvalue weighted by molar-refractivity contribution is 5.69. The van der Waals surface area contributed by atoms with Crippen LogP contribution in [0.4, 0.5) is 22.4 Å². The Morgan fingerprint density at radius 2 is 1.74 bits per heavy atom. The molecule has 1 aliphatic rings. The number of ether oxygens (including phenoxy) is 1. The van der Waals surface area contributed by atoms with Gasteiger partial charge in [0.25, 0.3) is 0 Å². The van der Waals surface area contributed by atoms with Gasteiger partial charge in [-0.05, 0) is 33.6 Å². The maximum atomic E-state index is 13.3. The van der Waals surface area contributed by atoms with E-state index in [4.69, 9.17) is 4.74 Å². The quantitative estimate of drug-likeness (QED) is 0.772. The SMILES string of the molecule is CN(C(=O)OC(C)(C)C)C1(C(O)CC(F)(F)C(F)F)CCCC1. The van der Waals surface area contributed by atoms with Crippen LogP contribution in [0.2, 0.25) is 0 Å². The van der Waals surface area contributed by atoms with Crippen molar-refractivity contribution in [1.82, 2.24) is 4.90 Å². The van der Waals surface area contributed by atoms with Crippen LogP contribution in [0.1, 0.15) is 52.9 Å². The second kappa shape index (κ2) is 6.83. The van der Waals surface area contributed by atoms with Gasteiger partial charge in [0.1, 0.15) is 5.60 Å². The molecule has 0 radical (unpaired) electrons. The van der Waals surface area contributed by atoms with E-state index in [0.29, 0.717) is 12.8 Å². The third kappa shape index (κ3) is 4.71. The van der Waals surface area contributed by atoms with Crippen LogP contribution in [0.5, 0.6) is 0 Å². The van der Waals surface area contributed by atoms with Crippen molar-refractivity contribution in [2.24, 2.45) is 0 Å². The van der Waals surface area contributed by atoms with Gasteiger partial charge in [0, 0.05) is 13.5 Å². The molecule has 0 aromatic heterocycles. The number of hydrogen-bond donors (Lipinski definition) is 1. The molecular weight excluding hydrogens is 318 g/mol. The fourth-order valence-electron chi connectivity index (χ4n) is 2.93. The first kappa shape index (κ1) is 20.0. The Bertz CT molecular complexity index is 417. The summed E-state index contributed by atoms with van der Waals surface area (Å²) in [6, 6.07) is 0. The van der Waals surface area contributed by atoms with E-state index >= 15 is 0 Å². The van der Waals surface area contributed by atoms with Crippen molar-refractivity contribution in [3.8, 4) is 0 Å². The van der Waals surface area contributed by atoms with Gasteiger partial charge in [-0.1, -0.05) is 12.8 Å². The second-order valence-electron chi connectivity index (χ2n) is 7.13. The summed E-state index contributed by atoms with van der Waals surface area (Å²) in [5.41, 5.74) is -2.09. The number of amides is 1. The van der Waals surface area contributed by atoms with Crippen molar-refractivity contribution in [1.29, 1.82) is 0 Å². The molecule has 1 amide bonds. The number of rotatable bonds is 5. The molecule has 0 aromatic rings. The summed E-state index contributed by atoms with van der Waals surface area (Å²) in [7, 11) is 1.35. The van der Waals surface area contributed by atoms with E-state index in [1.165, 1.54) is 7.05 Å². The van der Waals surface area contributed by atoms with Crippen molar-refractivity contribution >= 4 is 6.09 Å². The fourth-order valence-corrected chi connectivity index (χ4v) is 2.93. The minimum Gasteiger partial charge on any atom is -0.444 e. The predicted octanol–water partition coefficient (Wildman–Crippen LogP) is 3.82. The molecule has 0 saturated heterocycles. The Balaban J connectivity index is 2.96. The number of aliphatic hydroxyl groups is 1. The van der Waals surface area contributed by atoms with Crippen molar-refractivity contribution in [2.45, 2.75) is 82.5 Å². The largest absolute Gasteiger partial charge is 0.444 e. The number of carbonyl (C=O) groups excluding carboxylic acids is 1. The first-order chi connectivity index (χ1) is 10.3. The van der Waals surface area contributed by atoms with Gasteiger partial charge >= 0.3 is 18.4 Å². The monoisotopic (exact) mass is 343 g/mol. The van der Waals surface area contributed by atoms with Crippen molar-refractivity contribution in [2.75, 3.05) is 7.05 Å². The smallest absolute Gasteiger partial charge is 0.410 e. The summed E-state index contributed by atoms with van der Waals surface area (Å²) in [6.07, 6.45) is -6.01. The Labute approximate surface area is 133 Å². The second-order valence-corrected chi connectivity index (χ2v) is 7.13. The van der Waals surface area contributed by atoms with Crippen molar-refractivity contribution in [3.05, 3.63) is 0 Å². The maximum Gasteiger partial charge on any atom is 0.410 e. The van der Waals surface area contributed by atoms with Gasteiger partial charge in [-0.15, -0.1) is 0 Å².